The topological polar surface area (TPSA) is 85.2 Å². The minimum absolute atomic E-state index is 0. The zero-order valence-corrected chi connectivity index (χ0v) is 14.8. The van der Waals surface area contributed by atoms with E-state index in [1.807, 2.05) is 29.2 Å². The average molecular weight is 351 g/mol. The molecule has 0 aliphatic carbocycles. The fraction of sp³-hybridized carbons (Fsp3) is 0.471. The van der Waals surface area contributed by atoms with Crippen LogP contribution in [-0.4, -0.2) is 27.5 Å². The van der Waals surface area contributed by atoms with Crippen molar-refractivity contribution in [2.75, 3.05) is 6.54 Å². The van der Waals surface area contributed by atoms with Gasteiger partial charge in [-0.2, -0.15) is 4.98 Å². The van der Waals surface area contributed by atoms with E-state index >= 15 is 0 Å². The van der Waals surface area contributed by atoms with Gasteiger partial charge in [-0.25, -0.2) is 0 Å². The molecule has 1 saturated heterocycles. The monoisotopic (exact) mass is 350 g/mol. The third-order valence-electron chi connectivity index (χ3n) is 4.22. The first-order valence-electron chi connectivity index (χ1n) is 8.02. The Morgan fingerprint density at radius 1 is 1.29 bits per heavy atom. The summed E-state index contributed by atoms with van der Waals surface area (Å²) in [5.74, 6) is 1.43. The number of carbonyl (C=O) groups is 1. The summed E-state index contributed by atoms with van der Waals surface area (Å²) in [6.45, 7) is 5.39. The van der Waals surface area contributed by atoms with E-state index in [0.717, 1.165) is 24.1 Å². The number of carbonyl (C=O) groups excluding carboxylic acids is 1. The number of aromatic nitrogens is 2. The van der Waals surface area contributed by atoms with Crippen molar-refractivity contribution in [1.82, 2.24) is 15.0 Å². The van der Waals surface area contributed by atoms with Crippen molar-refractivity contribution in [2.24, 2.45) is 11.7 Å². The van der Waals surface area contributed by atoms with Gasteiger partial charge >= 0.3 is 0 Å². The highest BCUT2D eigenvalue weighted by molar-refractivity contribution is 5.85. The second-order valence-electron chi connectivity index (χ2n) is 6.24. The molecule has 3 rings (SSSR count). The van der Waals surface area contributed by atoms with Gasteiger partial charge in [0.25, 0.3) is 0 Å². The van der Waals surface area contributed by atoms with Crippen LogP contribution in [0.15, 0.2) is 28.8 Å². The quantitative estimate of drug-likeness (QED) is 0.896. The molecule has 24 heavy (non-hydrogen) atoms. The zero-order valence-electron chi connectivity index (χ0n) is 13.9. The molecule has 130 valence electrons. The first kappa shape index (κ1) is 18.4. The van der Waals surface area contributed by atoms with Crippen molar-refractivity contribution in [3.63, 3.8) is 0 Å². The molecule has 1 atom stereocenters. The van der Waals surface area contributed by atoms with Crippen LogP contribution in [0.1, 0.15) is 44.2 Å². The number of benzene rings is 1. The second kappa shape index (κ2) is 7.77. The maximum Gasteiger partial charge on any atom is 0.250 e. The van der Waals surface area contributed by atoms with Gasteiger partial charge in [0.2, 0.25) is 17.6 Å². The number of nitrogens with two attached hydrogens (primary N) is 1. The third-order valence-corrected chi connectivity index (χ3v) is 4.22. The summed E-state index contributed by atoms with van der Waals surface area (Å²) in [6.07, 6.45) is 1.49. The van der Waals surface area contributed by atoms with Gasteiger partial charge in [-0.1, -0.05) is 43.3 Å². The zero-order chi connectivity index (χ0) is 16.4. The van der Waals surface area contributed by atoms with Crippen LogP contribution in [0.3, 0.4) is 0 Å². The molecular weight excluding hydrogens is 328 g/mol. The summed E-state index contributed by atoms with van der Waals surface area (Å²) in [7, 11) is 0. The van der Waals surface area contributed by atoms with E-state index in [9.17, 15) is 4.79 Å². The van der Waals surface area contributed by atoms with Crippen LogP contribution in [0.25, 0.3) is 11.4 Å². The standard InChI is InChI=1S/C17H22N4O2.ClH/c1-11(2)15(21-9-3-4-14(21)22)17-19-16(20-23-17)13-7-5-12(10-18)6-8-13;/h5-8,11,15H,3-4,9-10,18H2,1-2H3;1H. The Labute approximate surface area is 147 Å². The number of halogens is 1. The van der Waals surface area contributed by atoms with Crippen molar-refractivity contribution in [3.8, 4) is 11.4 Å². The Kier molecular flexibility index (Phi) is 5.96. The SMILES string of the molecule is CC(C)C(c1nc(-c2ccc(CN)cc2)no1)N1CCCC1=O.Cl. The molecule has 1 aliphatic rings. The third kappa shape index (κ3) is 3.60. The molecule has 0 saturated carbocycles. The Balaban J connectivity index is 0.00000208. The number of nitrogens with zero attached hydrogens (tertiary/aromatic N) is 3. The van der Waals surface area contributed by atoms with Crippen LogP contribution in [0.4, 0.5) is 0 Å². The van der Waals surface area contributed by atoms with Gasteiger partial charge < -0.3 is 15.2 Å². The normalized spacial score (nSPS) is 15.7. The van der Waals surface area contributed by atoms with Gasteiger partial charge in [-0.3, -0.25) is 4.79 Å². The van der Waals surface area contributed by atoms with Crippen molar-refractivity contribution >= 4 is 18.3 Å². The van der Waals surface area contributed by atoms with E-state index in [4.69, 9.17) is 10.3 Å². The molecule has 1 aromatic carbocycles. The van der Waals surface area contributed by atoms with Crippen LogP contribution in [0.5, 0.6) is 0 Å². The smallest absolute Gasteiger partial charge is 0.250 e. The molecule has 1 unspecified atom stereocenters. The summed E-state index contributed by atoms with van der Waals surface area (Å²) < 4.78 is 5.48. The molecule has 2 heterocycles. The molecule has 1 aliphatic heterocycles. The lowest BCUT2D eigenvalue weighted by atomic mass is 10.0. The van der Waals surface area contributed by atoms with E-state index in [2.05, 4.69) is 24.0 Å². The van der Waals surface area contributed by atoms with Crippen molar-refractivity contribution < 1.29 is 9.32 Å². The van der Waals surface area contributed by atoms with Crippen LogP contribution in [-0.2, 0) is 11.3 Å². The molecule has 1 amide bonds. The molecule has 2 N–H and O–H groups in total. The summed E-state index contributed by atoms with van der Waals surface area (Å²) in [6, 6.07) is 7.62. The maximum absolute atomic E-state index is 12.1. The predicted octanol–water partition coefficient (Wildman–Crippen LogP) is 2.94. The van der Waals surface area contributed by atoms with Gasteiger partial charge in [-0.05, 0) is 17.9 Å². The van der Waals surface area contributed by atoms with Crippen LogP contribution in [0.2, 0.25) is 0 Å². The highest BCUT2D eigenvalue weighted by Gasteiger charge is 2.34. The first-order chi connectivity index (χ1) is 11.1. The highest BCUT2D eigenvalue weighted by atomic mass is 35.5. The Bertz CT molecular complexity index is 684. The fourth-order valence-corrected chi connectivity index (χ4v) is 3.00. The Hall–Kier alpha value is -1.92. The van der Waals surface area contributed by atoms with E-state index in [0.29, 0.717) is 24.7 Å². The summed E-state index contributed by atoms with van der Waals surface area (Å²) in [5.41, 5.74) is 7.55. The number of hydrogen-bond acceptors (Lipinski definition) is 5. The number of hydrogen-bond donors (Lipinski definition) is 1. The van der Waals surface area contributed by atoms with E-state index in [1.54, 1.807) is 0 Å². The molecule has 1 fully saturated rings. The van der Waals surface area contributed by atoms with Crippen LogP contribution in [0, 0.1) is 5.92 Å². The first-order valence-corrected chi connectivity index (χ1v) is 8.02. The van der Waals surface area contributed by atoms with E-state index < -0.39 is 0 Å². The summed E-state index contributed by atoms with van der Waals surface area (Å²) >= 11 is 0. The molecular formula is C17H23ClN4O2. The van der Waals surface area contributed by atoms with Gasteiger partial charge in [0.1, 0.15) is 6.04 Å². The lowest BCUT2D eigenvalue weighted by Crippen LogP contribution is -2.33. The molecule has 1 aromatic heterocycles. The van der Waals surface area contributed by atoms with Crippen molar-refractivity contribution in [3.05, 3.63) is 35.7 Å². The molecule has 6 nitrogen and oxygen atoms in total. The minimum atomic E-state index is -0.158. The molecule has 2 aromatic rings. The number of likely N-dealkylation sites (tertiary alicyclic amines) is 1. The average Bonchev–Trinajstić information content (AvgIpc) is 3.18. The highest BCUT2D eigenvalue weighted by Crippen LogP contribution is 2.32. The Morgan fingerprint density at radius 2 is 2.00 bits per heavy atom. The largest absolute Gasteiger partial charge is 0.337 e. The van der Waals surface area contributed by atoms with Crippen LogP contribution < -0.4 is 5.73 Å². The minimum Gasteiger partial charge on any atom is -0.337 e. The fourth-order valence-electron chi connectivity index (χ4n) is 3.00. The second-order valence-corrected chi connectivity index (χ2v) is 6.24. The molecule has 0 bridgehead atoms. The predicted molar refractivity (Wildman–Crippen MR) is 93.4 cm³/mol. The summed E-state index contributed by atoms with van der Waals surface area (Å²) in [4.78, 5) is 18.5. The number of amides is 1. The molecule has 7 heteroatoms. The van der Waals surface area contributed by atoms with Gasteiger partial charge in [0, 0.05) is 25.1 Å². The van der Waals surface area contributed by atoms with Crippen LogP contribution >= 0.6 is 12.4 Å². The van der Waals surface area contributed by atoms with Gasteiger partial charge in [0.05, 0.1) is 0 Å². The lowest BCUT2D eigenvalue weighted by molar-refractivity contribution is -0.131. The van der Waals surface area contributed by atoms with Crippen molar-refractivity contribution in [1.29, 1.82) is 0 Å². The Morgan fingerprint density at radius 3 is 2.54 bits per heavy atom. The molecule has 0 radical (unpaired) electrons. The van der Waals surface area contributed by atoms with Gasteiger partial charge in [0.15, 0.2) is 0 Å². The van der Waals surface area contributed by atoms with E-state index in [1.165, 1.54) is 0 Å². The summed E-state index contributed by atoms with van der Waals surface area (Å²) in [5, 5.41) is 4.09. The number of rotatable bonds is 5. The maximum atomic E-state index is 12.1. The van der Waals surface area contributed by atoms with Gasteiger partial charge in [-0.15, -0.1) is 12.4 Å². The molecule has 0 spiro atoms. The lowest BCUT2D eigenvalue weighted by Gasteiger charge is -2.27. The van der Waals surface area contributed by atoms with E-state index in [-0.39, 0.29) is 30.3 Å². The van der Waals surface area contributed by atoms with Crippen molar-refractivity contribution in [2.45, 2.75) is 39.3 Å².